The number of hydrogen-bond donors (Lipinski definition) is 0. The van der Waals surface area contributed by atoms with Crippen LogP contribution in [0.2, 0.25) is 0 Å². The fourth-order valence-corrected chi connectivity index (χ4v) is 7.23. The molecule has 6 heteroatoms. The van der Waals surface area contributed by atoms with Crippen molar-refractivity contribution in [2.75, 3.05) is 13.2 Å². The van der Waals surface area contributed by atoms with Crippen molar-refractivity contribution in [1.29, 1.82) is 0 Å². The van der Waals surface area contributed by atoms with Gasteiger partial charge in [-0.1, -0.05) is 216 Å². The number of allylic oxidation sites excluding steroid dienone is 12. The maximum Gasteiger partial charge on any atom is 0.306 e. The molecule has 362 valence electrons. The molecule has 0 bridgehead atoms. The molecule has 0 aromatic rings. The van der Waals surface area contributed by atoms with Crippen molar-refractivity contribution in [3.05, 3.63) is 72.9 Å². The zero-order valence-corrected chi connectivity index (χ0v) is 41.3. The third-order valence-corrected chi connectivity index (χ3v) is 11.2. The summed E-state index contributed by atoms with van der Waals surface area (Å²) >= 11 is 0. The van der Waals surface area contributed by atoms with Gasteiger partial charge in [-0.15, -0.1) is 0 Å². The topological polar surface area (TPSA) is 78.9 Å². The van der Waals surface area contributed by atoms with Gasteiger partial charge in [0.25, 0.3) is 0 Å². The lowest BCUT2D eigenvalue weighted by atomic mass is 10.0. The second-order valence-electron chi connectivity index (χ2n) is 17.4. The lowest BCUT2D eigenvalue weighted by Crippen LogP contribution is -2.30. The van der Waals surface area contributed by atoms with Crippen LogP contribution in [0.3, 0.4) is 0 Å². The summed E-state index contributed by atoms with van der Waals surface area (Å²) < 4.78 is 16.8. The van der Waals surface area contributed by atoms with Gasteiger partial charge >= 0.3 is 17.9 Å². The Kier molecular flexibility index (Phi) is 48.9. The van der Waals surface area contributed by atoms with Crippen LogP contribution in [-0.4, -0.2) is 37.2 Å². The molecule has 0 N–H and O–H groups in total. The summed E-state index contributed by atoms with van der Waals surface area (Å²) in [7, 11) is 0. The fraction of sp³-hybridized carbons (Fsp3) is 0.737. The van der Waals surface area contributed by atoms with Crippen LogP contribution >= 0.6 is 0 Å². The van der Waals surface area contributed by atoms with Gasteiger partial charge in [-0.2, -0.15) is 0 Å². The highest BCUT2D eigenvalue weighted by molar-refractivity contribution is 5.71. The minimum atomic E-state index is -0.793. The number of esters is 3. The van der Waals surface area contributed by atoms with E-state index in [0.29, 0.717) is 19.3 Å². The van der Waals surface area contributed by atoms with Crippen molar-refractivity contribution < 1.29 is 28.6 Å². The third-order valence-electron chi connectivity index (χ3n) is 11.2. The zero-order valence-electron chi connectivity index (χ0n) is 41.3. The molecule has 1 unspecified atom stereocenters. The van der Waals surface area contributed by atoms with Crippen LogP contribution in [0, 0.1) is 0 Å². The standard InChI is InChI=1S/C57H98O6/c1-4-7-10-13-16-19-22-25-27-29-31-32-35-38-41-44-47-50-56(59)62-53-54(52-61-55(58)49-46-43-40-37-34-24-21-18-15-12-9-6-3)63-57(60)51-48-45-42-39-36-33-30-28-26-23-20-17-14-11-8-5-2/h8,11,16-17,19-20,25-28,33,36,54H,4-7,9-10,12-15,18,21-24,29-32,34-35,37-53H2,1-3H3/b11-8-,19-16-,20-17-,27-25-,28-26-,36-33-. The van der Waals surface area contributed by atoms with E-state index in [0.717, 1.165) is 103 Å². The lowest BCUT2D eigenvalue weighted by Gasteiger charge is -2.18. The number of rotatable bonds is 47. The Balaban J connectivity index is 4.43. The number of hydrogen-bond acceptors (Lipinski definition) is 6. The van der Waals surface area contributed by atoms with E-state index >= 15 is 0 Å². The Morgan fingerprint density at radius 1 is 0.333 bits per heavy atom. The number of carbonyl (C=O) groups is 3. The summed E-state index contributed by atoms with van der Waals surface area (Å²) in [4.78, 5) is 38.0. The highest BCUT2D eigenvalue weighted by Gasteiger charge is 2.19. The smallest absolute Gasteiger partial charge is 0.306 e. The van der Waals surface area contributed by atoms with E-state index in [2.05, 4.69) is 93.7 Å². The zero-order chi connectivity index (χ0) is 45.8. The van der Waals surface area contributed by atoms with Crippen LogP contribution in [0.5, 0.6) is 0 Å². The molecular formula is C57H98O6. The predicted molar refractivity (Wildman–Crippen MR) is 270 cm³/mol. The van der Waals surface area contributed by atoms with E-state index in [9.17, 15) is 14.4 Å². The quantitative estimate of drug-likeness (QED) is 0.0262. The third kappa shape index (κ3) is 49.7. The van der Waals surface area contributed by atoms with E-state index in [4.69, 9.17) is 14.2 Å². The summed E-state index contributed by atoms with van der Waals surface area (Å²) in [6.07, 6.45) is 64.5. The predicted octanol–water partition coefficient (Wildman–Crippen LogP) is 17.4. The van der Waals surface area contributed by atoms with E-state index in [1.165, 1.54) is 109 Å². The van der Waals surface area contributed by atoms with Crippen LogP contribution in [0.25, 0.3) is 0 Å². The molecule has 0 aliphatic carbocycles. The van der Waals surface area contributed by atoms with Gasteiger partial charge in [-0.05, 0) is 89.9 Å². The second-order valence-corrected chi connectivity index (χ2v) is 17.4. The molecule has 0 aromatic heterocycles. The van der Waals surface area contributed by atoms with Gasteiger partial charge < -0.3 is 14.2 Å². The van der Waals surface area contributed by atoms with Crippen LogP contribution in [0.1, 0.15) is 252 Å². The summed E-state index contributed by atoms with van der Waals surface area (Å²) in [6.45, 7) is 6.47. The van der Waals surface area contributed by atoms with Gasteiger partial charge in [0, 0.05) is 19.3 Å². The first kappa shape index (κ1) is 59.9. The van der Waals surface area contributed by atoms with Crippen molar-refractivity contribution in [2.24, 2.45) is 0 Å². The van der Waals surface area contributed by atoms with Crippen molar-refractivity contribution >= 4 is 17.9 Å². The Hall–Kier alpha value is -3.15. The largest absolute Gasteiger partial charge is 0.462 e. The van der Waals surface area contributed by atoms with Gasteiger partial charge in [0.2, 0.25) is 0 Å². The molecule has 0 aliphatic rings. The van der Waals surface area contributed by atoms with Gasteiger partial charge in [0.15, 0.2) is 6.10 Å². The second kappa shape index (κ2) is 51.5. The molecular weight excluding hydrogens is 781 g/mol. The van der Waals surface area contributed by atoms with Crippen LogP contribution < -0.4 is 0 Å². The first-order chi connectivity index (χ1) is 31.0. The molecule has 0 aromatic carbocycles. The average Bonchev–Trinajstić information content (AvgIpc) is 3.28. The highest BCUT2D eigenvalue weighted by atomic mass is 16.6. The van der Waals surface area contributed by atoms with Gasteiger partial charge in [0.05, 0.1) is 0 Å². The summed E-state index contributed by atoms with van der Waals surface area (Å²) in [6, 6.07) is 0. The van der Waals surface area contributed by atoms with E-state index in [1.807, 2.05) is 0 Å². The molecule has 0 saturated heterocycles. The van der Waals surface area contributed by atoms with E-state index in [-0.39, 0.29) is 31.1 Å². The summed E-state index contributed by atoms with van der Waals surface area (Å²) in [5.41, 5.74) is 0. The summed E-state index contributed by atoms with van der Waals surface area (Å²) in [5, 5.41) is 0. The Morgan fingerprint density at radius 3 is 1.02 bits per heavy atom. The van der Waals surface area contributed by atoms with Crippen molar-refractivity contribution in [3.8, 4) is 0 Å². The Morgan fingerprint density at radius 2 is 0.619 bits per heavy atom. The molecule has 0 radical (unpaired) electrons. The summed E-state index contributed by atoms with van der Waals surface area (Å²) in [5.74, 6) is -0.925. The fourth-order valence-electron chi connectivity index (χ4n) is 7.23. The molecule has 0 aliphatic heterocycles. The maximum atomic E-state index is 12.8. The van der Waals surface area contributed by atoms with Gasteiger partial charge in [-0.3, -0.25) is 14.4 Å². The Labute approximate surface area is 389 Å². The monoisotopic (exact) mass is 879 g/mol. The van der Waals surface area contributed by atoms with Crippen molar-refractivity contribution in [1.82, 2.24) is 0 Å². The SMILES string of the molecule is CC/C=C\C/C=C\C/C=C\C/C=C\CCCCCC(=O)OC(COC(=O)CCCCCCCCC/C=C\C/C=C\CCCCC)COC(=O)CCCCCCCCCCCCCC. The lowest BCUT2D eigenvalue weighted by molar-refractivity contribution is -0.167. The molecule has 1 atom stereocenters. The van der Waals surface area contributed by atoms with Crippen LogP contribution in [0.15, 0.2) is 72.9 Å². The van der Waals surface area contributed by atoms with Crippen LogP contribution in [-0.2, 0) is 28.6 Å². The first-order valence-corrected chi connectivity index (χ1v) is 26.4. The Bertz CT molecular complexity index is 1190. The minimum Gasteiger partial charge on any atom is -0.462 e. The molecule has 0 saturated carbocycles. The number of unbranched alkanes of at least 4 members (excludes halogenated alkanes) is 24. The molecule has 0 spiro atoms. The molecule has 0 heterocycles. The van der Waals surface area contributed by atoms with Gasteiger partial charge in [0.1, 0.15) is 13.2 Å². The highest BCUT2D eigenvalue weighted by Crippen LogP contribution is 2.15. The molecule has 63 heavy (non-hydrogen) atoms. The minimum absolute atomic E-state index is 0.0894. The van der Waals surface area contributed by atoms with Crippen molar-refractivity contribution in [2.45, 2.75) is 258 Å². The van der Waals surface area contributed by atoms with Crippen LogP contribution in [0.4, 0.5) is 0 Å². The number of carbonyl (C=O) groups excluding carboxylic acids is 3. The molecule has 0 rings (SSSR count). The normalized spacial score (nSPS) is 12.6. The van der Waals surface area contributed by atoms with E-state index in [1.54, 1.807) is 0 Å². The van der Waals surface area contributed by atoms with Crippen molar-refractivity contribution in [3.63, 3.8) is 0 Å². The molecule has 0 amide bonds. The number of ether oxygens (including phenoxy) is 3. The molecule has 0 fully saturated rings. The molecule has 6 nitrogen and oxygen atoms in total. The first-order valence-electron chi connectivity index (χ1n) is 26.4. The van der Waals surface area contributed by atoms with E-state index < -0.39 is 6.10 Å². The maximum absolute atomic E-state index is 12.8. The van der Waals surface area contributed by atoms with Gasteiger partial charge in [-0.25, -0.2) is 0 Å². The average molecular weight is 879 g/mol.